The highest BCUT2D eigenvalue weighted by Gasteiger charge is 2.19. The predicted molar refractivity (Wildman–Crippen MR) is 302 cm³/mol. The minimum absolute atomic E-state index is 0.131. The molecule has 0 aliphatic heterocycles. The molecule has 0 aromatic heterocycles. The summed E-state index contributed by atoms with van der Waals surface area (Å²) < 4.78 is 16.7. The van der Waals surface area contributed by atoms with Crippen molar-refractivity contribution >= 4 is 17.9 Å². The normalized spacial score (nSPS) is 13.0. The summed E-state index contributed by atoms with van der Waals surface area (Å²) in [5.74, 6) is -1.10. The summed E-state index contributed by atoms with van der Waals surface area (Å²) in [5.41, 5.74) is 0. The molecule has 0 rings (SSSR count). The summed E-state index contributed by atoms with van der Waals surface area (Å²) >= 11 is 0. The average Bonchev–Trinajstić information content (AvgIpc) is 3.36. The zero-order valence-corrected chi connectivity index (χ0v) is 45.2. The van der Waals surface area contributed by atoms with E-state index in [4.69, 9.17) is 14.2 Å². The quantitative estimate of drug-likeness (QED) is 0.0262. The smallest absolute Gasteiger partial charge is 0.306 e. The molecule has 0 radical (unpaired) electrons. The van der Waals surface area contributed by atoms with E-state index in [0.29, 0.717) is 19.3 Å². The highest BCUT2D eigenvalue weighted by Crippen LogP contribution is 2.16. The first kappa shape index (κ1) is 65.8. The van der Waals surface area contributed by atoms with Crippen LogP contribution in [0.25, 0.3) is 0 Å². The van der Waals surface area contributed by atoms with Crippen molar-refractivity contribution in [1.82, 2.24) is 0 Å². The van der Waals surface area contributed by atoms with Crippen LogP contribution in [0, 0.1) is 0 Å². The molecule has 0 fully saturated rings. The summed E-state index contributed by atoms with van der Waals surface area (Å²) in [6.07, 6.45) is 79.4. The molecule has 70 heavy (non-hydrogen) atoms. The van der Waals surface area contributed by atoms with Crippen molar-refractivity contribution < 1.29 is 28.6 Å². The van der Waals surface area contributed by atoms with Crippen molar-refractivity contribution in [3.63, 3.8) is 0 Å². The number of hydrogen-bond acceptors (Lipinski definition) is 6. The van der Waals surface area contributed by atoms with E-state index in [1.807, 2.05) is 24.3 Å². The maximum atomic E-state index is 12.8. The van der Waals surface area contributed by atoms with Crippen molar-refractivity contribution in [1.29, 1.82) is 0 Å². The Morgan fingerprint density at radius 3 is 0.871 bits per heavy atom. The predicted octanol–water partition coefficient (Wildman–Crippen LogP) is 19.3. The van der Waals surface area contributed by atoms with Crippen LogP contribution in [0.2, 0.25) is 0 Å². The van der Waals surface area contributed by atoms with E-state index in [0.717, 1.165) is 83.5 Å². The van der Waals surface area contributed by atoms with Gasteiger partial charge in [0.1, 0.15) is 13.2 Å². The molecule has 1 unspecified atom stereocenters. The van der Waals surface area contributed by atoms with Gasteiger partial charge in [-0.25, -0.2) is 0 Å². The van der Waals surface area contributed by atoms with E-state index in [2.05, 4.69) is 118 Å². The van der Waals surface area contributed by atoms with E-state index >= 15 is 0 Å². The first-order valence-corrected chi connectivity index (χ1v) is 28.5. The number of allylic oxidation sites excluding steroid dienone is 20. The van der Waals surface area contributed by atoms with Gasteiger partial charge in [0, 0.05) is 19.3 Å². The van der Waals surface area contributed by atoms with Gasteiger partial charge in [-0.05, 0) is 83.5 Å². The number of carbonyl (C=O) groups excluding carboxylic acids is 3. The number of ether oxygens (including phenoxy) is 3. The Bertz CT molecular complexity index is 1490. The van der Waals surface area contributed by atoms with Crippen LogP contribution in [0.1, 0.15) is 245 Å². The van der Waals surface area contributed by atoms with Crippen molar-refractivity contribution in [2.45, 2.75) is 252 Å². The fraction of sp³-hybridized carbons (Fsp3) is 0.641. The summed E-state index contributed by atoms with van der Waals surface area (Å²) in [5, 5.41) is 0. The molecule has 396 valence electrons. The molecule has 0 saturated heterocycles. The first-order chi connectivity index (χ1) is 34.5. The van der Waals surface area contributed by atoms with Crippen molar-refractivity contribution in [3.8, 4) is 0 Å². The monoisotopic (exact) mass is 969 g/mol. The van der Waals surface area contributed by atoms with Gasteiger partial charge >= 0.3 is 17.9 Å². The third-order valence-corrected chi connectivity index (χ3v) is 11.7. The van der Waals surface area contributed by atoms with Crippen LogP contribution in [0.4, 0.5) is 0 Å². The molecule has 0 spiro atoms. The standard InChI is InChI=1S/C64H104O6/c1-4-7-10-13-16-19-22-25-27-29-31-33-34-36-39-42-45-48-51-54-57-63(66)69-60-61(59-68-62(65)56-53-50-47-44-41-38-24-21-18-15-12-9-6-3)70-64(67)58-55-52-49-46-43-40-37-35-32-30-28-26-23-20-17-14-11-8-5-2/h8-9,11-12,17-18,20-21,26,28,32,35,38,40-41,43,47,49-50,52,61H,4-7,10,13-16,19,22-25,27,29-31,33-34,36-37,39,42,44-46,48,51,53-60H2,1-3H3/b11-8-,12-9-,20-17-,21-18-,28-26-,35-32-,41-38-,43-40-,50-47-,52-49-. The summed E-state index contributed by atoms with van der Waals surface area (Å²) in [6.45, 7) is 6.29. The Kier molecular flexibility index (Phi) is 54.0. The number of hydrogen-bond donors (Lipinski definition) is 0. The van der Waals surface area contributed by atoms with Crippen molar-refractivity contribution in [3.05, 3.63) is 122 Å². The fourth-order valence-electron chi connectivity index (χ4n) is 7.54. The van der Waals surface area contributed by atoms with Crippen LogP contribution in [-0.4, -0.2) is 37.2 Å². The number of esters is 3. The molecule has 0 aromatic rings. The SMILES string of the molecule is CC/C=C\C/C=C\C/C=C\C/C=C\C/C=C\C/C=C\CCC(=O)OC(COC(=O)CC/C=C\C/C=C\C/C=C\C/C=C\CC)COC(=O)CCCCCCCCCCCCCCCCCCCCCC. The lowest BCUT2D eigenvalue weighted by Gasteiger charge is -2.18. The first-order valence-electron chi connectivity index (χ1n) is 28.5. The van der Waals surface area contributed by atoms with Gasteiger partial charge < -0.3 is 14.2 Å². The molecule has 1 atom stereocenters. The van der Waals surface area contributed by atoms with E-state index in [-0.39, 0.29) is 38.0 Å². The van der Waals surface area contributed by atoms with Gasteiger partial charge in [0.25, 0.3) is 0 Å². The molecule has 6 heteroatoms. The Labute approximate surface area is 431 Å². The molecule has 0 N–H and O–H groups in total. The zero-order valence-electron chi connectivity index (χ0n) is 45.2. The lowest BCUT2D eigenvalue weighted by molar-refractivity contribution is -0.166. The number of rotatable bonds is 50. The van der Waals surface area contributed by atoms with Gasteiger partial charge in [0.05, 0.1) is 0 Å². The van der Waals surface area contributed by atoms with E-state index in [9.17, 15) is 14.4 Å². The minimum Gasteiger partial charge on any atom is -0.462 e. The molecular formula is C64H104O6. The Balaban J connectivity index is 4.52. The molecule has 0 aliphatic rings. The van der Waals surface area contributed by atoms with E-state index < -0.39 is 12.1 Å². The Hall–Kier alpha value is -4.19. The molecule has 0 aliphatic carbocycles. The lowest BCUT2D eigenvalue weighted by atomic mass is 10.0. The van der Waals surface area contributed by atoms with Crippen LogP contribution in [-0.2, 0) is 28.6 Å². The van der Waals surface area contributed by atoms with Crippen molar-refractivity contribution in [2.75, 3.05) is 13.2 Å². The summed E-state index contributed by atoms with van der Waals surface area (Å²) in [7, 11) is 0. The molecule has 0 amide bonds. The van der Waals surface area contributed by atoms with Crippen molar-refractivity contribution in [2.24, 2.45) is 0 Å². The van der Waals surface area contributed by atoms with E-state index in [1.165, 1.54) is 109 Å². The van der Waals surface area contributed by atoms with Gasteiger partial charge in [-0.3, -0.25) is 14.4 Å². The second kappa shape index (κ2) is 57.4. The van der Waals surface area contributed by atoms with Gasteiger partial charge in [0.15, 0.2) is 6.10 Å². The van der Waals surface area contributed by atoms with Gasteiger partial charge in [-0.1, -0.05) is 264 Å². The van der Waals surface area contributed by atoms with Crippen LogP contribution < -0.4 is 0 Å². The second-order valence-corrected chi connectivity index (χ2v) is 18.4. The third-order valence-electron chi connectivity index (χ3n) is 11.7. The minimum atomic E-state index is -0.849. The maximum absolute atomic E-state index is 12.8. The molecule has 0 aromatic carbocycles. The summed E-state index contributed by atoms with van der Waals surface area (Å²) in [4.78, 5) is 38.1. The van der Waals surface area contributed by atoms with Gasteiger partial charge in [-0.2, -0.15) is 0 Å². The number of carbonyl (C=O) groups is 3. The fourth-order valence-corrected chi connectivity index (χ4v) is 7.54. The zero-order chi connectivity index (χ0) is 50.7. The number of unbranched alkanes of at least 4 members (excludes halogenated alkanes) is 19. The second-order valence-electron chi connectivity index (χ2n) is 18.4. The largest absolute Gasteiger partial charge is 0.462 e. The maximum Gasteiger partial charge on any atom is 0.306 e. The Morgan fingerprint density at radius 1 is 0.300 bits per heavy atom. The lowest BCUT2D eigenvalue weighted by Crippen LogP contribution is -2.30. The van der Waals surface area contributed by atoms with E-state index in [1.54, 1.807) is 0 Å². The van der Waals surface area contributed by atoms with Gasteiger partial charge in [-0.15, -0.1) is 0 Å². The Morgan fingerprint density at radius 2 is 0.557 bits per heavy atom. The highest BCUT2D eigenvalue weighted by molar-refractivity contribution is 5.71. The van der Waals surface area contributed by atoms with Gasteiger partial charge in [0.2, 0.25) is 0 Å². The molecule has 0 bridgehead atoms. The topological polar surface area (TPSA) is 78.9 Å². The van der Waals surface area contributed by atoms with Crippen LogP contribution >= 0.6 is 0 Å². The molecule has 0 saturated carbocycles. The summed E-state index contributed by atoms with van der Waals surface area (Å²) in [6, 6.07) is 0. The average molecular weight is 970 g/mol. The molecule has 0 heterocycles. The molecule has 6 nitrogen and oxygen atoms in total. The highest BCUT2D eigenvalue weighted by atomic mass is 16.6. The third kappa shape index (κ3) is 54.7. The molecular weight excluding hydrogens is 865 g/mol. The van der Waals surface area contributed by atoms with Crippen LogP contribution in [0.15, 0.2) is 122 Å². The van der Waals surface area contributed by atoms with Crippen LogP contribution in [0.5, 0.6) is 0 Å². The van der Waals surface area contributed by atoms with Crippen LogP contribution in [0.3, 0.4) is 0 Å².